The van der Waals surface area contributed by atoms with Crippen molar-refractivity contribution in [3.05, 3.63) is 0 Å². The van der Waals surface area contributed by atoms with Gasteiger partial charge in [-0.25, -0.2) is 0 Å². The van der Waals surface area contributed by atoms with E-state index in [1.807, 2.05) is 0 Å². The number of carbonyl (C=O) groups is 1. The Morgan fingerprint density at radius 3 is 2.42 bits per heavy atom. The molecule has 0 saturated heterocycles. The van der Waals surface area contributed by atoms with Gasteiger partial charge in [0.25, 0.3) is 0 Å². The number of rotatable bonds is 5. The predicted molar refractivity (Wildman–Crippen MR) is 77.7 cm³/mol. The molecule has 0 aromatic heterocycles. The van der Waals surface area contributed by atoms with Crippen LogP contribution in [0.2, 0.25) is 0 Å². The fourth-order valence-corrected chi connectivity index (χ4v) is 2.82. The van der Waals surface area contributed by atoms with E-state index in [-0.39, 0.29) is 17.4 Å². The first-order chi connectivity index (χ1) is 8.70. The highest BCUT2D eigenvalue weighted by Gasteiger charge is 2.29. The average Bonchev–Trinajstić information content (AvgIpc) is 2.25. The van der Waals surface area contributed by atoms with E-state index in [0.717, 1.165) is 32.1 Å². The molecule has 4 nitrogen and oxygen atoms in total. The molecule has 0 spiro atoms. The molecule has 0 aromatic rings. The van der Waals surface area contributed by atoms with E-state index in [0.29, 0.717) is 13.0 Å². The van der Waals surface area contributed by atoms with E-state index in [1.165, 1.54) is 6.42 Å². The smallest absolute Gasteiger partial charge is 0.221 e. The van der Waals surface area contributed by atoms with E-state index in [1.54, 1.807) is 0 Å². The van der Waals surface area contributed by atoms with Crippen LogP contribution in [0.4, 0.5) is 0 Å². The zero-order chi connectivity index (χ0) is 14.5. The van der Waals surface area contributed by atoms with Crippen LogP contribution in [-0.2, 0) is 4.79 Å². The van der Waals surface area contributed by atoms with Gasteiger partial charge in [0.2, 0.25) is 5.91 Å². The van der Waals surface area contributed by atoms with Crippen molar-refractivity contribution < 1.29 is 9.90 Å². The first-order valence-corrected chi connectivity index (χ1v) is 7.45. The molecule has 112 valence electrons. The molecule has 4 N–H and O–H groups in total. The summed E-state index contributed by atoms with van der Waals surface area (Å²) in [6.45, 7) is 6.73. The van der Waals surface area contributed by atoms with Crippen molar-refractivity contribution in [2.75, 3.05) is 6.54 Å². The Balaban J connectivity index is 2.27. The quantitative estimate of drug-likeness (QED) is 0.715. The molecule has 1 aliphatic rings. The Morgan fingerprint density at radius 1 is 1.32 bits per heavy atom. The second-order valence-corrected chi connectivity index (χ2v) is 7.29. The summed E-state index contributed by atoms with van der Waals surface area (Å²) in [4.78, 5) is 11.8. The maximum Gasteiger partial charge on any atom is 0.221 e. The molecule has 1 fully saturated rings. The van der Waals surface area contributed by atoms with Gasteiger partial charge in [0.05, 0.1) is 5.60 Å². The summed E-state index contributed by atoms with van der Waals surface area (Å²) in [6, 6.07) is -0.110. The first-order valence-electron chi connectivity index (χ1n) is 7.45. The molecule has 1 saturated carbocycles. The lowest BCUT2D eigenvalue weighted by Crippen LogP contribution is -2.45. The summed E-state index contributed by atoms with van der Waals surface area (Å²) in [7, 11) is 0. The average molecular weight is 270 g/mol. The van der Waals surface area contributed by atoms with Gasteiger partial charge in [-0.3, -0.25) is 4.79 Å². The second-order valence-electron chi connectivity index (χ2n) is 7.29. The normalized spacial score (nSPS) is 20.9. The third-order valence-electron chi connectivity index (χ3n) is 3.72. The van der Waals surface area contributed by atoms with Gasteiger partial charge in [-0.05, 0) is 24.7 Å². The minimum Gasteiger partial charge on any atom is -0.388 e. The Morgan fingerprint density at radius 2 is 1.89 bits per heavy atom. The largest absolute Gasteiger partial charge is 0.388 e. The summed E-state index contributed by atoms with van der Waals surface area (Å²) in [6.07, 6.45) is 6.04. The summed E-state index contributed by atoms with van der Waals surface area (Å²) in [5.41, 5.74) is 5.43. The van der Waals surface area contributed by atoms with Crippen molar-refractivity contribution in [1.29, 1.82) is 0 Å². The SMILES string of the molecule is CC(C)(C)CC(N)CC(=O)NCC1(O)CCCCC1. The van der Waals surface area contributed by atoms with Crippen LogP contribution in [0, 0.1) is 5.41 Å². The number of carbonyl (C=O) groups excluding carboxylic acids is 1. The van der Waals surface area contributed by atoms with Crippen LogP contribution in [-0.4, -0.2) is 29.2 Å². The molecular weight excluding hydrogens is 240 g/mol. The Labute approximate surface area is 117 Å². The van der Waals surface area contributed by atoms with Crippen LogP contribution < -0.4 is 11.1 Å². The van der Waals surface area contributed by atoms with Crippen molar-refractivity contribution in [2.24, 2.45) is 11.1 Å². The molecular formula is C15H30N2O2. The van der Waals surface area contributed by atoms with Gasteiger partial charge in [-0.2, -0.15) is 0 Å². The fourth-order valence-electron chi connectivity index (χ4n) is 2.82. The lowest BCUT2D eigenvalue weighted by Gasteiger charge is -2.32. The van der Waals surface area contributed by atoms with Crippen LogP contribution in [0.1, 0.15) is 65.7 Å². The van der Waals surface area contributed by atoms with E-state index in [9.17, 15) is 9.90 Å². The molecule has 0 bridgehead atoms. The number of nitrogens with one attached hydrogen (secondary N) is 1. The molecule has 1 rings (SSSR count). The maximum atomic E-state index is 11.8. The summed E-state index contributed by atoms with van der Waals surface area (Å²) >= 11 is 0. The van der Waals surface area contributed by atoms with Crippen LogP contribution in [0.15, 0.2) is 0 Å². The summed E-state index contributed by atoms with van der Waals surface area (Å²) < 4.78 is 0. The van der Waals surface area contributed by atoms with Gasteiger partial charge in [-0.1, -0.05) is 40.0 Å². The van der Waals surface area contributed by atoms with E-state index in [2.05, 4.69) is 26.1 Å². The number of amides is 1. The molecule has 1 aliphatic carbocycles. The highest BCUT2D eigenvalue weighted by atomic mass is 16.3. The maximum absolute atomic E-state index is 11.8. The topological polar surface area (TPSA) is 75.4 Å². The van der Waals surface area contributed by atoms with E-state index < -0.39 is 5.60 Å². The van der Waals surface area contributed by atoms with Gasteiger partial charge in [0.1, 0.15) is 0 Å². The molecule has 1 atom stereocenters. The van der Waals surface area contributed by atoms with Gasteiger partial charge in [0, 0.05) is 19.0 Å². The number of hydrogen-bond acceptors (Lipinski definition) is 3. The predicted octanol–water partition coefficient (Wildman–Crippen LogP) is 1.95. The van der Waals surface area contributed by atoms with E-state index in [4.69, 9.17) is 5.73 Å². The number of aliphatic hydroxyl groups is 1. The molecule has 4 heteroatoms. The van der Waals surface area contributed by atoms with Gasteiger partial charge in [-0.15, -0.1) is 0 Å². The van der Waals surface area contributed by atoms with Crippen LogP contribution in [0.3, 0.4) is 0 Å². The highest BCUT2D eigenvalue weighted by molar-refractivity contribution is 5.76. The first kappa shape index (κ1) is 16.4. The second kappa shape index (κ2) is 6.71. The van der Waals surface area contributed by atoms with Crippen LogP contribution in [0.25, 0.3) is 0 Å². The zero-order valence-corrected chi connectivity index (χ0v) is 12.7. The number of nitrogens with two attached hydrogens (primary N) is 1. The Bertz CT molecular complexity index is 291. The highest BCUT2D eigenvalue weighted by Crippen LogP contribution is 2.27. The molecule has 1 amide bonds. The lowest BCUT2D eigenvalue weighted by atomic mass is 9.84. The van der Waals surface area contributed by atoms with Crippen LogP contribution >= 0.6 is 0 Å². The van der Waals surface area contributed by atoms with Gasteiger partial charge < -0.3 is 16.2 Å². The van der Waals surface area contributed by atoms with Crippen molar-refractivity contribution in [1.82, 2.24) is 5.32 Å². The van der Waals surface area contributed by atoms with Crippen molar-refractivity contribution in [3.8, 4) is 0 Å². The molecule has 0 aliphatic heterocycles. The Kier molecular flexibility index (Phi) is 5.81. The molecule has 0 aromatic carbocycles. The molecule has 0 heterocycles. The standard InChI is InChI=1S/C15H30N2O2/c1-14(2,3)10-12(16)9-13(18)17-11-15(19)7-5-4-6-8-15/h12,19H,4-11,16H2,1-3H3,(H,17,18). The van der Waals surface area contributed by atoms with E-state index >= 15 is 0 Å². The molecule has 1 unspecified atom stereocenters. The molecule has 0 radical (unpaired) electrons. The number of hydrogen-bond donors (Lipinski definition) is 3. The summed E-state index contributed by atoms with van der Waals surface area (Å²) in [5.74, 6) is -0.0456. The van der Waals surface area contributed by atoms with Crippen molar-refractivity contribution >= 4 is 5.91 Å². The van der Waals surface area contributed by atoms with Gasteiger partial charge >= 0.3 is 0 Å². The zero-order valence-electron chi connectivity index (χ0n) is 12.7. The third-order valence-corrected chi connectivity index (χ3v) is 3.72. The van der Waals surface area contributed by atoms with Crippen LogP contribution in [0.5, 0.6) is 0 Å². The van der Waals surface area contributed by atoms with Crippen molar-refractivity contribution in [2.45, 2.75) is 77.4 Å². The van der Waals surface area contributed by atoms with Gasteiger partial charge in [0.15, 0.2) is 0 Å². The minimum atomic E-state index is -0.692. The van der Waals surface area contributed by atoms with Crippen molar-refractivity contribution in [3.63, 3.8) is 0 Å². The minimum absolute atomic E-state index is 0.0456. The summed E-state index contributed by atoms with van der Waals surface area (Å²) in [5, 5.41) is 13.1. The Hall–Kier alpha value is -0.610. The lowest BCUT2D eigenvalue weighted by molar-refractivity contribution is -0.123. The monoisotopic (exact) mass is 270 g/mol. The molecule has 19 heavy (non-hydrogen) atoms. The fraction of sp³-hybridized carbons (Fsp3) is 0.933. The third kappa shape index (κ3) is 6.92.